The molecule has 0 spiro atoms. The summed E-state index contributed by atoms with van der Waals surface area (Å²) in [6.45, 7) is 7.11. The van der Waals surface area contributed by atoms with Crippen molar-refractivity contribution in [3.05, 3.63) is 0 Å². The number of carboxylic acid groups (broad SMARTS) is 1. The van der Waals surface area contributed by atoms with Crippen LogP contribution in [0.3, 0.4) is 0 Å². The van der Waals surface area contributed by atoms with E-state index in [1.165, 1.54) is 0 Å². The number of carboxylic acids is 1. The molecule has 0 saturated carbocycles. The Balaban J connectivity index is 4.57. The number of hydrogen-bond donors (Lipinski definition) is 1. The van der Waals surface area contributed by atoms with Gasteiger partial charge in [-0.2, -0.15) is 0 Å². The predicted octanol–water partition coefficient (Wildman–Crippen LogP) is 1.84. The van der Waals surface area contributed by atoms with Crippen LogP contribution < -0.4 is 0 Å². The summed E-state index contributed by atoms with van der Waals surface area (Å²) < 4.78 is 5.08. The van der Waals surface area contributed by atoms with Gasteiger partial charge in [-0.3, -0.25) is 4.79 Å². The van der Waals surface area contributed by atoms with E-state index >= 15 is 0 Å². The van der Waals surface area contributed by atoms with E-state index in [0.29, 0.717) is 26.0 Å². The van der Waals surface area contributed by atoms with Crippen LogP contribution in [-0.2, 0) is 9.53 Å². The maximum atomic E-state index is 11.3. The maximum Gasteiger partial charge on any atom is 0.310 e. The molecule has 4 heteroatoms. The van der Waals surface area contributed by atoms with Gasteiger partial charge in [0.25, 0.3) is 0 Å². The van der Waals surface area contributed by atoms with Crippen LogP contribution in [0.4, 0.5) is 0 Å². The highest BCUT2D eigenvalue weighted by Crippen LogP contribution is 2.28. The molecule has 1 N–H and O–H groups in total. The Kier molecular flexibility index (Phi) is 6.60. The number of nitrogens with zero attached hydrogens (tertiary/aromatic N) is 1. The van der Waals surface area contributed by atoms with E-state index in [4.69, 9.17) is 4.74 Å². The third kappa shape index (κ3) is 3.76. The van der Waals surface area contributed by atoms with Crippen molar-refractivity contribution in [2.75, 3.05) is 27.3 Å². The minimum absolute atomic E-state index is 0.238. The SMILES string of the molecule is CCC(CC)(CN(C)C(C)COC)C(=O)O. The Morgan fingerprint density at radius 2 is 1.94 bits per heavy atom. The van der Waals surface area contributed by atoms with Crippen molar-refractivity contribution in [1.82, 2.24) is 4.90 Å². The molecule has 0 fully saturated rings. The number of methoxy groups -OCH3 is 1. The molecule has 0 aromatic carbocycles. The first-order valence-corrected chi connectivity index (χ1v) is 5.86. The van der Waals surface area contributed by atoms with Gasteiger partial charge in [-0.05, 0) is 26.8 Å². The molecule has 1 atom stereocenters. The number of hydrogen-bond acceptors (Lipinski definition) is 3. The van der Waals surface area contributed by atoms with E-state index in [1.807, 2.05) is 27.8 Å². The van der Waals surface area contributed by atoms with Crippen molar-refractivity contribution in [3.8, 4) is 0 Å². The van der Waals surface area contributed by atoms with Crippen molar-refractivity contribution in [1.29, 1.82) is 0 Å². The summed E-state index contributed by atoms with van der Waals surface area (Å²) in [5.74, 6) is -0.700. The summed E-state index contributed by atoms with van der Waals surface area (Å²) in [4.78, 5) is 13.4. The zero-order valence-electron chi connectivity index (χ0n) is 11.1. The predicted molar refractivity (Wildman–Crippen MR) is 64.6 cm³/mol. The fourth-order valence-electron chi connectivity index (χ4n) is 1.85. The van der Waals surface area contributed by atoms with Gasteiger partial charge in [-0.1, -0.05) is 13.8 Å². The fourth-order valence-corrected chi connectivity index (χ4v) is 1.85. The molecule has 0 aliphatic rings. The smallest absolute Gasteiger partial charge is 0.310 e. The minimum atomic E-state index is -0.700. The van der Waals surface area contributed by atoms with E-state index < -0.39 is 11.4 Å². The number of rotatable bonds is 8. The normalized spacial score (nSPS) is 14.1. The van der Waals surface area contributed by atoms with Gasteiger partial charge in [0, 0.05) is 19.7 Å². The summed E-state index contributed by atoms with van der Waals surface area (Å²) in [6.07, 6.45) is 1.31. The average molecular weight is 231 g/mol. The largest absolute Gasteiger partial charge is 0.481 e. The van der Waals surface area contributed by atoms with Crippen molar-refractivity contribution in [3.63, 3.8) is 0 Å². The Labute approximate surface area is 98.6 Å². The van der Waals surface area contributed by atoms with Crippen LogP contribution in [0.5, 0.6) is 0 Å². The van der Waals surface area contributed by atoms with Crippen molar-refractivity contribution in [2.24, 2.45) is 5.41 Å². The minimum Gasteiger partial charge on any atom is -0.481 e. The number of ether oxygens (including phenoxy) is 1. The van der Waals surface area contributed by atoms with Gasteiger partial charge in [0.1, 0.15) is 0 Å². The molecule has 16 heavy (non-hydrogen) atoms. The van der Waals surface area contributed by atoms with Crippen LogP contribution in [-0.4, -0.2) is 49.3 Å². The molecule has 1 unspecified atom stereocenters. The van der Waals surface area contributed by atoms with Crippen LogP contribution in [0.15, 0.2) is 0 Å². The highest BCUT2D eigenvalue weighted by Gasteiger charge is 2.36. The molecule has 96 valence electrons. The fraction of sp³-hybridized carbons (Fsp3) is 0.917. The maximum absolute atomic E-state index is 11.3. The van der Waals surface area contributed by atoms with Crippen LogP contribution in [0.1, 0.15) is 33.6 Å². The van der Waals surface area contributed by atoms with E-state index in [2.05, 4.69) is 4.90 Å². The van der Waals surface area contributed by atoms with E-state index in [0.717, 1.165) is 0 Å². The molecule has 0 bridgehead atoms. The van der Waals surface area contributed by atoms with Crippen LogP contribution in [0, 0.1) is 5.41 Å². The standard InChI is InChI=1S/C12H25NO3/c1-6-12(7-2,11(14)15)9-13(4)10(3)8-16-5/h10H,6-9H2,1-5H3,(H,14,15). The lowest BCUT2D eigenvalue weighted by Crippen LogP contribution is -2.45. The molecule has 0 rings (SSSR count). The van der Waals surface area contributed by atoms with E-state index in [-0.39, 0.29) is 6.04 Å². The molecule has 0 saturated heterocycles. The Bertz CT molecular complexity index is 214. The first kappa shape index (κ1) is 15.4. The molecule has 0 aromatic heterocycles. The van der Waals surface area contributed by atoms with E-state index in [1.54, 1.807) is 7.11 Å². The summed E-state index contributed by atoms with van der Waals surface area (Å²) in [5, 5.41) is 9.33. The second-order valence-corrected chi connectivity index (χ2v) is 4.51. The molecular weight excluding hydrogens is 206 g/mol. The lowest BCUT2D eigenvalue weighted by molar-refractivity contribution is -0.151. The molecule has 0 aromatic rings. The first-order chi connectivity index (χ1) is 7.43. The molecule has 0 amide bonds. The third-order valence-corrected chi connectivity index (χ3v) is 3.52. The summed E-state index contributed by atoms with van der Waals surface area (Å²) >= 11 is 0. The summed E-state index contributed by atoms with van der Waals surface area (Å²) in [5.41, 5.74) is -0.628. The van der Waals surface area contributed by atoms with Crippen LogP contribution >= 0.6 is 0 Å². The number of carbonyl (C=O) groups is 1. The van der Waals surface area contributed by atoms with Crippen LogP contribution in [0.25, 0.3) is 0 Å². The van der Waals surface area contributed by atoms with Crippen LogP contribution in [0.2, 0.25) is 0 Å². The van der Waals surface area contributed by atoms with Gasteiger partial charge in [0.05, 0.1) is 12.0 Å². The lowest BCUT2D eigenvalue weighted by atomic mass is 9.81. The quantitative estimate of drug-likeness (QED) is 0.692. The molecule has 0 radical (unpaired) electrons. The topological polar surface area (TPSA) is 49.8 Å². The Hall–Kier alpha value is -0.610. The van der Waals surface area contributed by atoms with Crippen molar-refractivity contribution >= 4 is 5.97 Å². The second-order valence-electron chi connectivity index (χ2n) is 4.51. The number of likely N-dealkylation sites (N-methyl/N-ethyl adjacent to an activating group) is 1. The third-order valence-electron chi connectivity index (χ3n) is 3.52. The zero-order chi connectivity index (χ0) is 12.8. The molecule has 4 nitrogen and oxygen atoms in total. The zero-order valence-corrected chi connectivity index (χ0v) is 11.1. The molecule has 0 aliphatic heterocycles. The highest BCUT2D eigenvalue weighted by atomic mass is 16.5. The van der Waals surface area contributed by atoms with Crippen molar-refractivity contribution in [2.45, 2.75) is 39.7 Å². The van der Waals surface area contributed by atoms with Gasteiger partial charge in [-0.15, -0.1) is 0 Å². The monoisotopic (exact) mass is 231 g/mol. The van der Waals surface area contributed by atoms with E-state index in [9.17, 15) is 9.90 Å². The summed E-state index contributed by atoms with van der Waals surface area (Å²) in [7, 11) is 3.61. The first-order valence-electron chi connectivity index (χ1n) is 5.86. The molecule has 0 heterocycles. The van der Waals surface area contributed by atoms with Gasteiger partial charge < -0.3 is 14.7 Å². The average Bonchev–Trinajstić information content (AvgIpc) is 2.25. The van der Waals surface area contributed by atoms with Gasteiger partial charge >= 0.3 is 5.97 Å². The second kappa shape index (κ2) is 6.86. The van der Waals surface area contributed by atoms with Crippen molar-refractivity contribution < 1.29 is 14.6 Å². The lowest BCUT2D eigenvalue weighted by Gasteiger charge is -2.34. The molecular formula is C12H25NO3. The van der Waals surface area contributed by atoms with Gasteiger partial charge in [-0.25, -0.2) is 0 Å². The van der Waals surface area contributed by atoms with Gasteiger partial charge in [0.15, 0.2) is 0 Å². The number of aliphatic carboxylic acids is 1. The Morgan fingerprint density at radius 3 is 2.25 bits per heavy atom. The Morgan fingerprint density at radius 1 is 1.44 bits per heavy atom. The summed E-state index contributed by atoms with van der Waals surface area (Å²) in [6, 6.07) is 0.238. The molecule has 0 aliphatic carbocycles. The van der Waals surface area contributed by atoms with Gasteiger partial charge in [0.2, 0.25) is 0 Å². The highest BCUT2D eigenvalue weighted by molar-refractivity contribution is 5.74.